The lowest BCUT2D eigenvalue weighted by Gasteiger charge is -2.08. The number of hydrogen-bond acceptors (Lipinski definition) is 3. The molecule has 16 heavy (non-hydrogen) atoms. The lowest BCUT2D eigenvalue weighted by atomic mass is 10.1. The monoisotopic (exact) mass is 219 g/mol. The van der Waals surface area contributed by atoms with Crippen molar-refractivity contribution in [3.8, 4) is 5.75 Å². The minimum atomic E-state index is -0.319. The molecule has 0 radical (unpaired) electrons. The van der Waals surface area contributed by atoms with E-state index in [2.05, 4.69) is 18.5 Å². The van der Waals surface area contributed by atoms with E-state index in [0.717, 1.165) is 0 Å². The van der Waals surface area contributed by atoms with Gasteiger partial charge in [-0.1, -0.05) is 13.2 Å². The van der Waals surface area contributed by atoms with Crippen molar-refractivity contribution in [2.75, 3.05) is 5.32 Å². The number of carbonyl (C=O) groups is 1. The van der Waals surface area contributed by atoms with Crippen molar-refractivity contribution in [1.29, 1.82) is 0 Å². The van der Waals surface area contributed by atoms with Gasteiger partial charge >= 0.3 is 0 Å². The van der Waals surface area contributed by atoms with Crippen LogP contribution in [0.3, 0.4) is 0 Å². The number of benzene rings is 1. The Morgan fingerprint density at radius 2 is 2.00 bits per heavy atom. The second-order valence-corrected chi connectivity index (χ2v) is 3.41. The van der Waals surface area contributed by atoms with Gasteiger partial charge in [-0.15, -0.1) is 0 Å². The maximum absolute atomic E-state index is 11.3. The van der Waals surface area contributed by atoms with Crippen LogP contribution in [0.5, 0.6) is 5.75 Å². The number of anilines is 1. The first-order chi connectivity index (χ1) is 7.41. The van der Waals surface area contributed by atoms with Crippen molar-refractivity contribution in [2.24, 2.45) is 0 Å². The van der Waals surface area contributed by atoms with Gasteiger partial charge in [0.25, 0.3) is 5.91 Å². The average molecular weight is 219 g/mol. The highest BCUT2D eigenvalue weighted by atomic mass is 16.3. The van der Waals surface area contributed by atoms with Crippen LogP contribution in [-0.4, -0.2) is 16.1 Å². The van der Waals surface area contributed by atoms with E-state index < -0.39 is 0 Å². The zero-order valence-electron chi connectivity index (χ0n) is 8.95. The van der Waals surface area contributed by atoms with E-state index >= 15 is 0 Å². The smallest absolute Gasteiger partial charge is 0.250 e. The first-order valence-corrected chi connectivity index (χ1v) is 4.60. The summed E-state index contributed by atoms with van der Waals surface area (Å²) in [6.07, 6.45) is 0. The Bertz CT molecular complexity index is 463. The summed E-state index contributed by atoms with van der Waals surface area (Å²) in [6.45, 7) is 8.39. The van der Waals surface area contributed by atoms with E-state index in [1.54, 1.807) is 6.92 Å². The maximum atomic E-state index is 11.3. The van der Waals surface area contributed by atoms with Crippen LogP contribution >= 0.6 is 0 Å². The molecule has 4 nitrogen and oxygen atoms in total. The molecule has 1 aromatic carbocycles. The Kier molecular flexibility index (Phi) is 3.35. The van der Waals surface area contributed by atoms with Gasteiger partial charge in [0.2, 0.25) is 0 Å². The number of phenols is 1. The molecule has 84 valence electrons. The van der Waals surface area contributed by atoms with Gasteiger partial charge in [0.1, 0.15) is 11.5 Å². The maximum Gasteiger partial charge on any atom is 0.250 e. The molecule has 0 aromatic heterocycles. The quantitative estimate of drug-likeness (QED) is 0.415. The molecule has 0 saturated heterocycles. The van der Waals surface area contributed by atoms with Crippen molar-refractivity contribution in [2.45, 2.75) is 6.92 Å². The van der Waals surface area contributed by atoms with Gasteiger partial charge < -0.3 is 15.5 Å². The standard InChI is InChI=1S/C12H13NO3/c1-7(2)12(16)13-9-4-5-11(15)10(6-9)8(3)14/h4-6,14-15H,1,3H2,2H3,(H,13,16). The van der Waals surface area contributed by atoms with Crippen molar-refractivity contribution in [3.05, 3.63) is 42.5 Å². The average Bonchev–Trinajstić information content (AvgIpc) is 2.20. The number of nitrogens with one attached hydrogen (secondary N) is 1. The molecule has 0 fully saturated rings. The number of aromatic hydroxyl groups is 1. The van der Waals surface area contributed by atoms with Crippen LogP contribution in [0.4, 0.5) is 5.69 Å². The summed E-state index contributed by atoms with van der Waals surface area (Å²) in [5.74, 6) is -0.676. The number of aliphatic hydroxyl groups excluding tert-OH is 1. The molecular weight excluding hydrogens is 206 g/mol. The molecule has 0 bridgehead atoms. The molecule has 0 spiro atoms. The van der Waals surface area contributed by atoms with Crippen LogP contribution in [0.15, 0.2) is 36.9 Å². The molecule has 0 aliphatic rings. The molecular formula is C12H13NO3. The number of amides is 1. The molecule has 0 atom stereocenters. The highest BCUT2D eigenvalue weighted by molar-refractivity contribution is 6.03. The summed E-state index contributed by atoms with van der Waals surface area (Å²) in [7, 11) is 0. The first kappa shape index (κ1) is 11.8. The molecule has 0 heterocycles. The van der Waals surface area contributed by atoms with Crippen LogP contribution in [0, 0.1) is 0 Å². The number of carbonyl (C=O) groups excluding carboxylic acids is 1. The Labute approximate surface area is 93.5 Å². The summed E-state index contributed by atoms with van der Waals surface area (Å²) < 4.78 is 0. The van der Waals surface area contributed by atoms with E-state index in [9.17, 15) is 15.0 Å². The molecule has 1 aromatic rings. The SMILES string of the molecule is C=C(C)C(=O)Nc1ccc(O)c(C(=C)O)c1. The van der Waals surface area contributed by atoms with Crippen molar-refractivity contribution >= 4 is 17.4 Å². The third-order valence-corrected chi connectivity index (χ3v) is 1.95. The molecule has 0 aliphatic heterocycles. The van der Waals surface area contributed by atoms with E-state index in [-0.39, 0.29) is 23.0 Å². The number of phenolic OH excluding ortho intramolecular Hbond substituents is 1. The van der Waals surface area contributed by atoms with Gasteiger partial charge in [-0.3, -0.25) is 4.79 Å². The number of rotatable bonds is 3. The van der Waals surface area contributed by atoms with E-state index in [1.807, 2.05) is 0 Å². The van der Waals surface area contributed by atoms with Crippen LogP contribution in [0.25, 0.3) is 5.76 Å². The van der Waals surface area contributed by atoms with E-state index in [0.29, 0.717) is 11.3 Å². The number of aliphatic hydroxyl groups is 1. The summed E-state index contributed by atoms with van der Waals surface area (Å²) in [5, 5.41) is 21.1. The first-order valence-electron chi connectivity index (χ1n) is 4.60. The Morgan fingerprint density at radius 3 is 2.50 bits per heavy atom. The Hall–Kier alpha value is -2.23. The van der Waals surface area contributed by atoms with Crippen molar-refractivity contribution in [1.82, 2.24) is 0 Å². The Morgan fingerprint density at radius 1 is 1.38 bits per heavy atom. The van der Waals surface area contributed by atoms with Gasteiger partial charge in [0.15, 0.2) is 0 Å². The predicted octanol–water partition coefficient (Wildman–Crippen LogP) is 2.44. The number of hydrogen-bond donors (Lipinski definition) is 3. The molecule has 0 saturated carbocycles. The van der Waals surface area contributed by atoms with Gasteiger partial charge in [0.05, 0.1) is 5.56 Å². The predicted molar refractivity (Wildman–Crippen MR) is 63.2 cm³/mol. The zero-order chi connectivity index (χ0) is 12.3. The van der Waals surface area contributed by atoms with Crippen LogP contribution in [-0.2, 0) is 4.79 Å². The minimum Gasteiger partial charge on any atom is -0.508 e. The third kappa shape index (κ3) is 2.63. The third-order valence-electron chi connectivity index (χ3n) is 1.95. The van der Waals surface area contributed by atoms with Crippen LogP contribution < -0.4 is 5.32 Å². The second-order valence-electron chi connectivity index (χ2n) is 3.41. The van der Waals surface area contributed by atoms with Gasteiger partial charge in [-0.2, -0.15) is 0 Å². The fourth-order valence-electron chi connectivity index (χ4n) is 1.08. The normalized spacial score (nSPS) is 9.56. The van der Waals surface area contributed by atoms with Crippen molar-refractivity contribution in [3.63, 3.8) is 0 Å². The molecule has 0 aliphatic carbocycles. The summed E-state index contributed by atoms with van der Waals surface area (Å²) in [5.41, 5.74) is 1.01. The fraction of sp³-hybridized carbons (Fsp3) is 0.0833. The van der Waals surface area contributed by atoms with Gasteiger partial charge in [0, 0.05) is 11.3 Å². The fourth-order valence-corrected chi connectivity index (χ4v) is 1.08. The van der Waals surface area contributed by atoms with Crippen LogP contribution in [0.2, 0.25) is 0 Å². The van der Waals surface area contributed by atoms with Gasteiger partial charge in [-0.25, -0.2) is 0 Å². The Balaban J connectivity index is 3.00. The highest BCUT2D eigenvalue weighted by Gasteiger charge is 2.07. The van der Waals surface area contributed by atoms with E-state index in [4.69, 9.17) is 0 Å². The van der Waals surface area contributed by atoms with Crippen LogP contribution in [0.1, 0.15) is 12.5 Å². The lowest BCUT2D eigenvalue weighted by molar-refractivity contribution is -0.112. The summed E-state index contributed by atoms with van der Waals surface area (Å²) in [6, 6.07) is 4.31. The molecule has 3 N–H and O–H groups in total. The molecule has 1 amide bonds. The largest absolute Gasteiger partial charge is 0.508 e. The van der Waals surface area contributed by atoms with Gasteiger partial charge in [-0.05, 0) is 25.1 Å². The summed E-state index contributed by atoms with van der Waals surface area (Å²) in [4.78, 5) is 11.3. The minimum absolute atomic E-state index is 0.0965. The molecule has 1 rings (SSSR count). The topological polar surface area (TPSA) is 69.6 Å². The molecule has 0 unspecified atom stereocenters. The van der Waals surface area contributed by atoms with E-state index in [1.165, 1.54) is 18.2 Å². The van der Waals surface area contributed by atoms with Crippen molar-refractivity contribution < 1.29 is 15.0 Å². The summed E-state index contributed by atoms with van der Waals surface area (Å²) >= 11 is 0. The highest BCUT2D eigenvalue weighted by Crippen LogP contribution is 2.25. The second kappa shape index (κ2) is 4.53. The lowest BCUT2D eigenvalue weighted by Crippen LogP contribution is -2.11. The zero-order valence-corrected chi connectivity index (χ0v) is 8.95. The molecule has 4 heteroatoms.